The number of amides is 1. The van der Waals surface area contributed by atoms with Crippen LogP contribution in [0.5, 0.6) is 0 Å². The summed E-state index contributed by atoms with van der Waals surface area (Å²) in [6, 6.07) is 11.1. The van der Waals surface area contributed by atoms with Gasteiger partial charge in [-0.2, -0.15) is 0 Å². The summed E-state index contributed by atoms with van der Waals surface area (Å²) in [6.07, 6.45) is 4.32. The van der Waals surface area contributed by atoms with Crippen LogP contribution in [0.25, 0.3) is 5.52 Å². The molecule has 3 aromatic heterocycles. The lowest BCUT2D eigenvalue weighted by Gasteiger charge is -2.01. The lowest BCUT2D eigenvalue weighted by molar-refractivity contribution is 0.102. The molecule has 1 N–H and O–H groups in total. The predicted octanol–water partition coefficient (Wildman–Crippen LogP) is 2.54. The number of aromatic nitrogens is 3. The highest BCUT2D eigenvalue weighted by Gasteiger charge is 2.16. The number of carbonyl (C=O) groups excluding carboxylic acids is 1. The molecule has 0 spiro atoms. The van der Waals surface area contributed by atoms with Crippen LogP contribution in [0.4, 0.5) is 5.82 Å². The van der Waals surface area contributed by atoms with Gasteiger partial charge >= 0.3 is 0 Å². The maximum absolute atomic E-state index is 12.3. The third-order valence-corrected chi connectivity index (χ3v) is 3.06. The Morgan fingerprint density at radius 1 is 1.25 bits per heavy atom. The smallest absolute Gasteiger partial charge is 0.277 e. The Hall–Kier alpha value is -2.69. The van der Waals surface area contributed by atoms with Gasteiger partial charge in [0.15, 0.2) is 5.69 Å². The lowest BCUT2D eigenvalue weighted by atomic mass is 10.3. The number of fused-ring (bicyclic) bond motifs is 1. The molecule has 3 aromatic rings. The van der Waals surface area contributed by atoms with Gasteiger partial charge < -0.3 is 9.72 Å². The molecule has 0 aliphatic rings. The summed E-state index contributed by atoms with van der Waals surface area (Å²) in [6.45, 7) is 2.02. The minimum atomic E-state index is -0.243. The van der Waals surface area contributed by atoms with Crippen LogP contribution in [0.2, 0.25) is 0 Å². The van der Waals surface area contributed by atoms with Crippen LogP contribution < -0.4 is 5.32 Å². The first kappa shape index (κ1) is 12.3. The normalized spacial score (nSPS) is 10.7. The summed E-state index contributed by atoms with van der Waals surface area (Å²) < 4.78 is 1.94. The number of nitrogens with one attached hydrogen (secondary N) is 1. The first-order chi connectivity index (χ1) is 9.79. The molecule has 3 heterocycles. The second kappa shape index (κ2) is 5.13. The maximum atomic E-state index is 12.3. The maximum Gasteiger partial charge on any atom is 0.277 e. The molecule has 0 radical (unpaired) electrons. The molecule has 0 saturated heterocycles. The molecule has 100 valence electrons. The lowest BCUT2D eigenvalue weighted by Crippen LogP contribution is -2.13. The van der Waals surface area contributed by atoms with Crippen LogP contribution in [0.1, 0.15) is 23.2 Å². The van der Waals surface area contributed by atoms with Crippen LogP contribution in [0, 0.1) is 0 Å². The number of hydrogen-bond donors (Lipinski definition) is 1. The monoisotopic (exact) mass is 266 g/mol. The van der Waals surface area contributed by atoms with Crippen molar-refractivity contribution < 1.29 is 4.79 Å². The van der Waals surface area contributed by atoms with Gasteiger partial charge in [0.25, 0.3) is 5.91 Å². The second-order valence-electron chi connectivity index (χ2n) is 4.36. The molecule has 0 aromatic carbocycles. The zero-order valence-electron chi connectivity index (χ0n) is 11.1. The topological polar surface area (TPSA) is 59.3 Å². The molecule has 1 amide bonds. The fraction of sp³-hybridized carbons (Fsp3) is 0.133. The number of hydrogen-bond acceptors (Lipinski definition) is 3. The van der Waals surface area contributed by atoms with E-state index in [0.29, 0.717) is 11.5 Å². The molecule has 5 nitrogen and oxygen atoms in total. The Morgan fingerprint density at radius 2 is 2.10 bits per heavy atom. The van der Waals surface area contributed by atoms with Crippen LogP contribution in [0.3, 0.4) is 0 Å². The van der Waals surface area contributed by atoms with Crippen LogP contribution in [0.15, 0.2) is 48.8 Å². The van der Waals surface area contributed by atoms with Gasteiger partial charge in [0.05, 0.1) is 5.52 Å². The SMILES string of the molecule is CCc1nc(C(=O)Nc2ccccn2)c2ccccn12. The van der Waals surface area contributed by atoms with Crippen molar-refractivity contribution in [3.8, 4) is 0 Å². The van der Waals surface area contributed by atoms with Gasteiger partial charge in [-0.3, -0.25) is 4.79 Å². The first-order valence-electron chi connectivity index (χ1n) is 6.48. The average Bonchev–Trinajstić information content (AvgIpc) is 2.87. The Bertz CT molecular complexity index is 749. The van der Waals surface area contributed by atoms with E-state index in [2.05, 4.69) is 15.3 Å². The number of imidazole rings is 1. The Kier molecular flexibility index (Phi) is 3.16. The van der Waals surface area contributed by atoms with Crippen molar-refractivity contribution in [2.45, 2.75) is 13.3 Å². The van der Waals surface area contributed by atoms with E-state index in [9.17, 15) is 4.79 Å². The minimum Gasteiger partial charge on any atom is -0.305 e. The summed E-state index contributed by atoms with van der Waals surface area (Å²) in [5.41, 5.74) is 1.23. The molecular weight excluding hydrogens is 252 g/mol. The molecule has 20 heavy (non-hydrogen) atoms. The summed E-state index contributed by atoms with van der Waals surface area (Å²) >= 11 is 0. The molecule has 0 fully saturated rings. The van der Waals surface area contributed by atoms with E-state index in [-0.39, 0.29) is 5.91 Å². The fourth-order valence-electron chi connectivity index (χ4n) is 2.13. The van der Waals surface area contributed by atoms with Crippen molar-refractivity contribution in [1.29, 1.82) is 0 Å². The third kappa shape index (κ3) is 2.14. The van der Waals surface area contributed by atoms with Gasteiger partial charge in [-0.15, -0.1) is 0 Å². The highest BCUT2D eigenvalue weighted by Crippen LogP contribution is 2.15. The van der Waals surface area contributed by atoms with Crippen LogP contribution >= 0.6 is 0 Å². The highest BCUT2D eigenvalue weighted by molar-refractivity contribution is 6.07. The van der Waals surface area contributed by atoms with Crippen molar-refractivity contribution in [3.05, 3.63) is 60.3 Å². The summed E-state index contributed by atoms with van der Waals surface area (Å²) in [5.74, 6) is 1.14. The van der Waals surface area contributed by atoms with Gasteiger partial charge in [0.1, 0.15) is 11.6 Å². The number of rotatable bonds is 3. The second-order valence-corrected chi connectivity index (χ2v) is 4.36. The molecule has 0 saturated carbocycles. The van der Waals surface area contributed by atoms with Crippen molar-refractivity contribution in [1.82, 2.24) is 14.4 Å². The Labute approximate surface area is 116 Å². The molecule has 0 aliphatic heterocycles. The third-order valence-electron chi connectivity index (χ3n) is 3.06. The van der Waals surface area contributed by atoms with E-state index in [1.165, 1.54) is 0 Å². The minimum absolute atomic E-state index is 0.243. The van der Waals surface area contributed by atoms with Crippen molar-refractivity contribution in [3.63, 3.8) is 0 Å². The predicted molar refractivity (Wildman–Crippen MR) is 76.8 cm³/mol. The standard InChI is InChI=1S/C15H14N4O/c1-2-13-18-14(11-7-4-6-10-19(11)13)15(20)17-12-8-3-5-9-16-12/h3-10H,2H2,1H3,(H,16,17,20). The average molecular weight is 266 g/mol. The zero-order valence-corrected chi connectivity index (χ0v) is 11.1. The quantitative estimate of drug-likeness (QED) is 0.792. The van der Waals surface area contributed by atoms with E-state index in [4.69, 9.17) is 0 Å². The van der Waals surface area contributed by atoms with E-state index >= 15 is 0 Å². The number of anilines is 1. The van der Waals surface area contributed by atoms with E-state index in [1.54, 1.807) is 18.3 Å². The van der Waals surface area contributed by atoms with Gasteiger partial charge in [-0.05, 0) is 24.3 Å². The molecular formula is C15H14N4O. The fourth-order valence-corrected chi connectivity index (χ4v) is 2.13. The van der Waals surface area contributed by atoms with E-state index in [0.717, 1.165) is 17.8 Å². The molecule has 3 rings (SSSR count). The molecule has 0 unspecified atom stereocenters. The first-order valence-corrected chi connectivity index (χ1v) is 6.48. The summed E-state index contributed by atoms with van der Waals surface area (Å²) in [4.78, 5) is 20.8. The molecule has 0 bridgehead atoms. The highest BCUT2D eigenvalue weighted by atomic mass is 16.2. The van der Waals surface area contributed by atoms with Gasteiger partial charge in [-0.1, -0.05) is 19.1 Å². The van der Waals surface area contributed by atoms with Gasteiger partial charge in [0, 0.05) is 18.8 Å². The summed E-state index contributed by atoms with van der Waals surface area (Å²) in [5, 5.41) is 2.76. The number of carbonyl (C=O) groups is 1. The molecule has 0 aliphatic carbocycles. The summed E-state index contributed by atoms with van der Waals surface area (Å²) in [7, 11) is 0. The van der Waals surface area contributed by atoms with Crippen molar-refractivity contribution >= 4 is 17.2 Å². The van der Waals surface area contributed by atoms with Gasteiger partial charge in [-0.25, -0.2) is 9.97 Å². The van der Waals surface area contributed by atoms with Gasteiger partial charge in [0.2, 0.25) is 0 Å². The Balaban J connectivity index is 2.00. The van der Waals surface area contributed by atoms with Crippen molar-refractivity contribution in [2.75, 3.05) is 5.32 Å². The Morgan fingerprint density at radius 3 is 2.85 bits per heavy atom. The zero-order chi connectivity index (χ0) is 13.9. The van der Waals surface area contributed by atoms with E-state index in [1.807, 2.05) is 41.8 Å². The molecule has 5 heteroatoms. The molecule has 0 atom stereocenters. The number of pyridine rings is 2. The number of aryl methyl sites for hydroxylation is 1. The largest absolute Gasteiger partial charge is 0.305 e. The van der Waals surface area contributed by atoms with Crippen LogP contribution in [-0.2, 0) is 6.42 Å². The number of nitrogens with zero attached hydrogens (tertiary/aromatic N) is 3. The van der Waals surface area contributed by atoms with E-state index < -0.39 is 0 Å². The van der Waals surface area contributed by atoms with Crippen molar-refractivity contribution in [2.24, 2.45) is 0 Å². The van der Waals surface area contributed by atoms with Crippen LogP contribution in [-0.4, -0.2) is 20.3 Å².